The van der Waals surface area contributed by atoms with Gasteiger partial charge in [0, 0.05) is 6.61 Å². The van der Waals surface area contributed by atoms with Gasteiger partial charge in [0.2, 0.25) is 0 Å². The third kappa shape index (κ3) is 4.92. The monoisotopic (exact) mass is 383 g/mol. The molecule has 2 aromatic rings. The minimum atomic E-state index is -0.701. The second kappa shape index (κ2) is 10.0. The molecular weight excluding hydrogens is 350 g/mol. The lowest BCUT2D eigenvalue weighted by Gasteiger charge is -2.29. The van der Waals surface area contributed by atoms with Gasteiger partial charge in [-0.1, -0.05) is 56.3 Å². The number of hydrogen-bond donors (Lipinski definition) is 1. The smallest absolute Gasteiger partial charge is 0.307 e. The molecule has 2 aromatic carbocycles. The van der Waals surface area contributed by atoms with Crippen LogP contribution in [-0.2, 0) is 9.53 Å². The van der Waals surface area contributed by atoms with E-state index in [0.29, 0.717) is 6.42 Å². The van der Waals surface area contributed by atoms with Gasteiger partial charge < -0.3 is 14.7 Å². The number of hydrogen-bond acceptors (Lipinski definition) is 3. The molecule has 0 spiro atoms. The van der Waals surface area contributed by atoms with Crippen LogP contribution in [0, 0.1) is 5.92 Å². The normalized spacial score (nSPS) is 19.2. The van der Waals surface area contributed by atoms with E-state index in [2.05, 4.69) is 49.1 Å². The summed E-state index contributed by atoms with van der Waals surface area (Å²) in [6, 6.07) is 14.6. The minimum absolute atomic E-state index is 0.0200. The zero-order valence-electron chi connectivity index (χ0n) is 17.1. The lowest BCUT2D eigenvalue weighted by Crippen LogP contribution is -2.31. The molecular formula is C24H33NO3. The molecule has 1 N–H and O–H groups in total. The van der Waals surface area contributed by atoms with Gasteiger partial charge in [-0.3, -0.25) is 4.79 Å². The number of nitrogens with zero attached hydrogens (tertiary/aromatic N) is 1. The van der Waals surface area contributed by atoms with E-state index in [9.17, 15) is 9.90 Å². The van der Waals surface area contributed by atoms with E-state index >= 15 is 0 Å². The number of carboxylic acids is 1. The van der Waals surface area contributed by atoms with Crippen molar-refractivity contribution in [3.05, 3.63) is 48.0 Å². The summed E-state index contributed by atoms with van der Waals surface area (Å²) in [5.41, 5.74) is 1.16. The van der Waals surface area contributed by atoms with E-state index in [-0.39, 0.29) is 12.0 Å². The van der Waals surface area contributed by atoms with E-state index in [1.165, 1.54) is 10.8 Å². The van der Waals surface area contributed by atoms with Gasteiger partial charge in [0.05, 0.1) is 12.0 Å². The molecule has 0 radical (unpaired) electrons. The molecule has 3 rings (SSSR count). The lowest BCUT2D eigenvalue weighted by atomic mass is 9.78. The number of carbonyl (C=O) groups is 1. The van der Waals surface area contributed by atoms with Crippen LogP contribution in [0.2, 0.25) is 0 Å². The standard InChI is InChI=1S/C24H33NO3/c1-3-25(4-2)15-14-22(23(24(26)27)17-19-11-8-16-28-19)21-13-7-10-18-9-5-6-12-20(18)21/h5-7,9-10,12-13,19,22-23H,3-4,8,11,14-17H2,1-2H3,(H,26,27). The van der Waals surface area contributed by atoms with Crippen molar-refractivity contribution in [1.29, 1.82) is 0 Å². The fourth-order valence-corrected chi connectivity index (χ4v) is 4.56. The summed E-state index contributed by atoms with van der Waals surface area (Å²) in [6.45, 7) is 7.98. The first-order valence-electron chi connectivity index (χ1n) is 10.7. The number of ether oxygens (including phenoxy) is 1. The number of carboxylic acid groups (broad SMARTS) is 1. The van der Waals surface area contributed by atoms with Crippen LogP contribution in [0.5, 0.6) is 0 Å². The minimum Gasteiger partial charge on any atom is -0.481 e. The molecule has 28 heavy (non-hydrogen) atoms. The Balaban J connectivity index is 1.95. The Kier molecular flexibility index (Phi) is 7.46. The number of aliphatic carboxylic acids is 1. The molecule has 1 aliphatic rings. The van der Waals surface area contributed by atoms with Crippen LogP contribution >= 0.6 is 0 Å². The maximum atomic E-state index is 12.4. The molecule has 152 valence electrons. The predicted octanol–water partition coefficient (Wildman–Crippen LogP) is 4.93. The molecule has 1 heterocycles. The Morgan fingerprint density at radius 3 is 2.61 bits per heavy atom. The van der Waals surface area contributed by atoms with E-state index in [1.54, 1.807) is 0 Å². The summed E-state index contributed by atoms with van der Waals surface area (Å²) in [6.07, 6.45) is 3.53. The molecule has 0 amide bonds. The van der Waals surface area contributed by atoms with Crippen molar-refractivity contribution in [1.82, 2.24) is 4.90 Å². The first-order chi connectivity index (χ1) is 13.6. The van der Waals surface area contributed by atoms with Crippen molar-refractivity contribution in [3.63, 3.8) is 0 Å². The second-order valence-corrected chi connectivity index (χ2v) is 7.81. The highest BCUT2D eigenvalue weighted by atomic mass is 16.5. The number of fused-ring (bicyclic) bond motifs is 1. The number of rotatable bonds is 10. The quantitative estimate of drug-likeness (QED) is 0.632. The summed E-state index contributed by atoms with van der Waals surface area (Å²) >= 11 is 0. The van der Waals surface area contributed by atoms with Gasteiger partial charge in [0.25, 0.3) is 0 Å². The molecule has 1 fully saturated rings. The zero-order valence-corrected chi connectivity index (χ0v) is 17.1. The van der Waals surface area contributed by atoms with Crippen LogP contribution in [0.25, 0.3) is 10.8 Å². The molecule has 1 saturated heterocycles. The fourth-order valence-electron chi connectivity index (χ4n) is 4.56. The van der Waals surface area contributed by atoms with Crippen molar-refractivity contribution in [2.75, 3.05) is 26.2 Å². The highest BCUT2D eigenvalue weighted by Crippen LogP contribution is 2.37. The van der Waals surface area contributed by atoms with Crippen LogP contribution in [-0.4, -0.2) is 48.3 Å². The summed E-state index contributed by atoms with van der Waals surface area (Å²) in [4.78, 5) is 14.7. The maximum absolute atomic E-state index is 12.4. The van der Waals surface area contributed by atoms with Crippen LogP contribution < -0.4 is 0 Å². The SMILES string of the molecule is CCN(CC)CCC(c1cccc2ccccc12)C(CC1CCCO1)C(=O)O. The first-order valence-corrected chi connectivity index (χ1v) is 10.7. The van der Waals surface area contributed by atoms with Crippen LogP contribution in [0.3, 0.4) is 0 Å². The van der Waals surface area contributed by atoms with Crippen LogP contribution in [0.1, 0.15) is 51.0 Å². The van der Waals surface area contributed by atoms with Gasteiger partial charge in [-0.05, 0) is 67.6 Å². The lowest BCUT2D eigenvalue weighted by molar-refractivity contribution is -0.144. The topological polar surface area (TPSA) is 49.8 Å². The Bertz CT molecular complexity index is 760. The Hall–Kier alpha value is -1.91. The molecule has 0 saturated carbocycles. The van der Waals surface area contributed by atoms with Crippen molar-refractivity contribution >= 4 is 16.7 Å². The third-order valence-electron chi connectivity index (χ3n) is 6.22. The van der Waals surface area contributed by atoms with Gasteiger partial charge in [-0.15, -0.1) is 0 Å². The van der Waals surface area contributed by atoms with Gasteiger partial charge >= 0.3 is 5.97 Å². The van der Waals surface area contributed by atoms with E-state index in [1.807, 2.05) is 12.1 Å². The van der Waals surface area contributed by atoms with Gasteiger partial charge in [-0.2, -0.15) is 0 Å². The maximum Gasteiger partial charge on any atom is 0.307 e. The Morgan fingerprint density at radius 1 is 1.18 bits per heavy atom. The molecule has 0 aliphatic carbocycles. The molecule has 4 nitrogen and oxygen atoms in total. The molecule has 0 bridgehead atoms. The average molecular weight is 384 g/mol. The highest BCUT2D eigenvalue weighted by Gasteiger charge is 2.34. The van der Waals surface area contributed by atoms with E-state index in [0.717, 1.165) is 51.1 Å². The van der Waals surface area contributed by atoms with Gasteiger partial charge in [0.15, 0.2) is 0 Å². The second-order valence-electron chi connectivity index (χ2n) is 7.81. The fraction of sp³-hybridized carbons (Fsp3) is 0.542. The van der Waals surface area contributed by atoms with Gasteiger partial charge in [-0.25, -0.2) is 0 Å². The highest BCUT2D eigenvalue weighted by molar-refractivity contribution is 5.87. The van der Waals surface area contributed by atoms with E-state index < -0.39 is 11.9 Å². The first kappa shape index (κ1) is 20.8. The van der Waals surface area contributed by atoms with Crippen molar-refractivity contribution < 1.29 is 14.6 Å². The molecule has 3 unspecified atom stereocenters. The largest absolute Gasteiger partial charge is 0.481 e. The summed E-state index contributed by atoms with van der Waals surface area (Å²) < 4.78 is 5.80. The Morgan fingerprint density at radius 2 is 1.93 bits per heavy atom. The number of benzene rings is 2. The summed E-state index contributed by atoms with van der Waals surface area (Å²) in [5, 5.41) is 12.5. The van der Waals surface area contributed by atoms with Crippen molar-refractivity contribution in [2.45, 2.75) is 51.6 Å². The Labute approximate surface area is 168 Å². The van der Waals surface area contributed by atoms with Crippen molar-refractivity contribution in [2.24, 2.45) is 5.92 Å². The zero-order chi connectivity index (χ0) is 19.9. The summed E-state index contributed by atoms with van der Waals surface area (Å²) in [7, 11) is 0. The average Bonchev–Trinajstić information content (AvgIpc) is 3.23. The van der Waals surface area contributed by atoms with Gasteiger partial charge in [0.1, 0.15) is 0 Å². The van der Waals surface area contributed by atoms with E-state index in [4.69, 9.17) is 4.74 Å². The molecule has 3 atom stereocenters. The third-order valence-corrected chi connectivity index (χ3v) is 6.22. The molecule has 1 aliphatic heterocycles. The van der Waals surface area contributed by atoms with Crippen molar-refractivity contribution in [3.8, 4) is 0 Å². The van der Waals surface area contributed by atoms with Crippen LogP contribution in [0.15, 0.2) is 42.5 Å². The summed E-state index contributed by atoms with van der Waals surface area (Å²) in [5.74, 6) is -1.15. The molecule has 0 aromatic heterocycles. The van der Waals surface area contributed by atoms with Crippen LogP contribution in [0.4, 0.5) is 0 Å². The predicted molar refractivity (Wildman–Crippen MR) is 114 cm³/mol. The molecule has 4 heteroatoms.